The third kappa shape index (κ3) is 2.52. The number of carbonyl (C=O) groups excluding carboxylic acids is 1. The molecule has 2 nitrogen and oxygen atoms in total. The number of fused-ring (bicyclic) bond motifs is 1. The van der Waals surface area contributed by atoms with E-state index < -0.39 is 0 Å². The van der Waals surface area contributed by atoms with Crippen molar-refractivity contribution in [1.29, 1.82) is 0 Å². The van der Waals surface area contributed by atoms with Gasteiger partial charge in [0.2, 0.25) is 0 Å². The van der Waals surface area contributed by atoms with Crippen LogP contribution in [0.2, 0.25) is 0 Å². The van der Waals surface area contributed by atoms with E-state index in [0.717, 1.165) is 29.8 Å². The van der Waals surface area contributed by atoms with Crippen LogP contribution in [0.3, 0.4) is 0 Å². The van der Waals surface area contributed by atoms with Crippen molar-refractivity contribution in [3.63, 3.8) is 0 Å². The first-order chi connectivity index (χ1) is 10.4. The fourth-order valence-electron chi connectivity index (χ4n) is 3.11. The summed E-state index contributed by atoms with van der Waals surface area (Å²) in [5.41, 5.74) is 4.73. The van der Waals surface area contributed by atoms with E-state index in [1.165, 1.54) is 17.7 Å². The molecule has 0 bridgehead atoms. The number of Topliss-reactive ketones (excluding diaryl/α,β-unsaturated/α-hetero) is 1. The molecule has 2 aromatic rings. The zero-order valence-electron chi connectivity index (χ0n) is 13.2. The summed E-state index contributed by atoms with van der Waals surface area (Å²) in [5.74, 6) is -0.250. The molecule has 22 heavy (non-hydrogen) atoms. The molecule has 0 radical (unpaired) electrons. The van der Waals surface area contributed by atoms with Gasteiger partial charge in [0.05, 0.1) is 0 Å². The van der Waals surface area contributed by atoms with Crippen LogP contribution in [-0.2, 0) is 5.41 Å². The third-order valence-corrected chi connectivity index (χ3v) is 4.49. The summed E-state index contributed by atoms with van der Waals surface area (Å²) in [7, 11) is 0. The third-order valence-electron chi connectivity index (χ3n) is 4.49. The van der Waals surface area contributed by atoms with Crippen LogP contribution in [0.25, 0.3) is 11.1 Å². The molecule has 1 heterocycles. The van der Waals surface area contributed by atoms with Gasteiger partial charge in [-0.05, 0) is 59.7 Å². The molecule has 1 aliphatic heterocycles. The largest absolute Gasteiger partial charge is 0.385 e. The Balaban J connectivity index is 2.24. The predicted molar refractivity (Wildman–Crippen MR) is 88.0 cm³/mol. The van der Waals surface area contributed by atoms with Crippen LogP contribution in [0.4, 0.5) is 10.1 Å². The number of ketones is 1. The van der Waals surface area contributed by atoms with Gasteiger partial charge < -0.3 is 5.32 Å². The minimum Gasteiger partial charge on any atom is -0.385 e. The number of rotatable bonds is 2. The first-order valence-corrected chi connectivity index (χ1v) is 7.58. The minimum atomic E-state index is -0.270. The van der Waals surface area contributed by atoms with E-state index in [1.54, 1.807) is 19.1 Å². The fraction of sp³-hybridized carbons (Fsp3) is 0.316. The maximum absolute atomic E-state index is 13.2. The summed E-state index contributed by atoms with van der Waals surface area (Å²) < 4.78 is 13.2. The summed E-state index contributed by atoms with van der Waals surface area (Å²) >= 11 is 0. The molecule has 0 aromatic heterocycles. The van der Waals surface area contributed by atoms with E-state index in [2.05, 4.69) is 25.2 Å². The number of anilines is 1. The van der Waals surface area contributed by atoms with Crippen molar-refractivity contribution in [3.05, 3.63) is 53.3 Å². The van der Waals surface area contributed by atoms with Crippen molar-refractivity contribution < 1.29 is 9.18 Å². The maximum atomic E-state index is 13.2. The zero-order valence-corrected chi connectivity index (χ0v) is 13.2. The highest BCUT2D eigenvalue weighted by atomic mass is 19.1. The number of hydrogen-bond donors (Lipinski definition) is 1. The van der Waals surface area contributed by atoms with Crippen LogP contribution in [-0.4, -0.2) is 12.3 Å². The number of hydrogen-bond acceptors (Lipinski definition) is 2. The number of carbonyl (C=O) groups is 1. The van der Waals surface area contributed by atoms with E-state index in [9.17, 15) is 9.18 Å². The monoisotopic (exact) mass is 297 g/mol. The Bertz CT molecular complexity index is 732. The smallest absolute Gasteiger partial charge is 0.160 e. The van der Waals surface area contributed by atoms with E-state index in [-0.39, 0.29) is 17.0 Å². The van der Waals surface area contributed by atoms with Gasteiger partial charge in [0, 0.05) is 17.8 Å². The normalized spacial score (nSPS) is 15.8. The highest BCUT2D eigenvalue weighted by Crippen LogP contribution is 2.40. The standard InChI is InChI=1S/C19H20FNO/c1-12(22)15-11-18-17(19(2,3)8-9-21-18)10-16(15)13-4-6-14(20)7-5-13/h4-7,10-11,21H,8-9H2,1-3H3. The van der Waals surface area contributed by atoms with Crippen molar-refractivity contribution in [1.82, 2.24) is 0 Å². The molecule has 0 spiro atoms. The Morgan fingerprint density at radius 1 is 1.18 bits per heavy atom. The molecule has 0 saturated carbocycles. The molecule has 0 aliphatic carbocycles. The van der Waals surface area contributed by atoms with Crippen molar-refractivity contribution in [2.75, 3.05) is 11.9 Å². The van der Waals surface area contributed by atoms with Gasteiger partial charge in [-0.25, -0.2) is 4.39 Å². The molecule has 0 unspecified atom stereocenters. The highest BCUT2D eigenvalue weighted by molar-refractivity contribution is 6.02. The zero-order chi connectivity index (χ0) is 15.9. The summed E-state index contributed by atoms with van der Waals surface area (Å²) in [6, 6.07) is 10.4. The second kappa shape index (κ2) is 5.24. The lowest BCUT2D eigenvalue weighted by molar-refractivity contribution is 0.101. The van der Waals surface area contributed by atoms with Gasteiger partial charge in [-0.3, -0.25) is 4.79 Å². The molecule has 1 aliphatic rings. The van der Waals surface area contributed by atoms with Crippen LogP contribution in [0.15, 0.2) is 36.4 Å². The lowest BCUT2D eigenvalue weighted by Crippen LogP contribution is -2.28. The molecular formula is C19H20FNO. The topological polar surface area (TPSA) is 29.1 Å². The van der Waals surface area contributed by atoms with Crippen LogP contribution >= 0.6 is 0 Å². The highest BCUT2D eigenvalue weighted by Gasteiger charge is 2.29. The van der Waals surface area contributed by atoms with Gasteiger partial charge in [0.25, 0.3) is 0 Å². The molecule has 2 aromatic carbocycles. The van der Waals surface area contributed by atoms with E-state index in [0.29, 0.717) is 5.56 Å². The lowest BCUT2D eigenvalue weighted by atomic mass is 9.76. The van der Waals surface area contributed by atoms with Crippen molar-refractivity contribution in [3.8, 4) is 11.1 Å². The van der Waals surface area contributed by atoms with Gasteiger partial charge in [0.1, 0.15) is 5.82 Å². The minimum absolute atomic E-state index is 0.0207. The van der Waals surface area contributed by atoms with Gasteiger partial charge in [-0.1, -0.05) is 26.0 Å². The Kier molecular flexibility index (Phi) is 3.51. The molecule has 1 N–H and O–H groups in total. The number of halogens is 1. The van der Waals surface area contributed by atoms with Gasteiger partial charge >= 0.3 is 0 Å². The summed E-state index contributed by atoms with van der Waals surface area (Å²) in [4.78, 5) is 12.1. The SMILES string of the molecule is CC(=O)c1cc2c(cc1-c1ccc(F)cc1)C(C)(C)CCN2. The Morgan fingerprint density at radius 3 is 2.50 bits per heavy atom. The Hall–Kier alpha value is -2.16. The lowest BCUT2D eigenvalue weighted by Gasteiger charge is -2.34. The number of nitrogens with one attached hydrogen (secondary N) is 1. The molecule has 0 fully saturated rings. The summed E-state index contributed by atoms with van der Waals surface area (Å²) in [5, 5.41) is 3.39. The summed E-state index contributed by atoms with van der Waals surface area (Å²) in [6.45, 7) is 6.92. The molecule has 0 atom stereocenters. The van der Waals surface area contributed by atoms with E-state index >= 15 is 0 Å². The first-order valence-electron chi connectivity index (χ1n) is 7.58. The molecule has 114 valence electrons. The Labute approximate surface area is 130 Å². The van der Waals surface area contributed by atoms with Crippen LogP contribution < -0.4 is 5.32 Å². The van der Waals surface area contributed by atoms with E-state index in [4.69, 9.17) is 0 Å². The first kappa shape index (κ1) is 14.8. The van der Waals surface area contributed by atoms with Gasteiger partial charge in [0.15, 0.2) is 5.78 Å². The quantitative estimate of drug-likeness (QED) is 0.808. The van der Waals surface area contributed by atoms with Gasteiger partial charge in [-0.15, -0.1) is 0 Å². The maximum Gasteiger partial charge on any atom is 0.160 e. The van der Waals surface area contributed by atoms with E-state index in [1.807, 2.05) is 6.07 Å². The van der Waals surface area contributed by atoms with Crippen LogP contribution in [0, 0.1) is 5.82 Å². The molecule has 3 heteroatoms. The average molecular weight is 297 g/mol. The molecule has 0 saturated heterocycles. The number of benzene rings is 2. The molecular weight excluding hydrogens is 277 g/mol. The second-order valence-corrected chi connectivity index (χ2v) is 6.57. The van der Waals surface area contributed by atoms with Crippen molar-refractivity contribution in [2.24, 2.45) is 0 Å². The molecule has 0 amide bonds. The van der Waals surface area contributed by atoms with Crippen LogP contribution in [0.5, 0.6) is 0 Å². The summed E-state index contributed by atoms with van der Waals surface area (Å²) in [6.07, 6.45) is 1.04. The van der Waals surface area contributed by atoms with Crippen molar-refractivity contribution in [2.45, 2.75) is 32.6 Å². The average Bonchev–Trinajstić information content (AvgIpc) is 2.47. The van der Waals surface area contributed by atoms with Gasteiger partial charge in [-0.2, -0.15) is 0 Å². The second-order valence-electron chi connectivity index (χ2n) is 6.57. The fourth-order valence-corrected chi connectivity index (χ4v) is 3.11. The predicted octanol–water partition coefficient (Wildman–Crippen LogP) is 4.79. The van der Waals surface area contributed by atoms with Crippen LogP contribution in [0.1, 0.15) is 43.1 Å². The molecule has 3 rings (SSSR count). The van der Waals surface area contributed by atoms with Crippen molar-refractivity contribution >= 4 is 11.5 Å². The Morgan fingerprint density at radius 2 is 1.86 bits per heavy atom.